The summed E-state index contributed by atoms with van der Waals surface area (Å²) in [6.07, 6.45) is 10.5. The minimum absolute atomic E-state index is 0.569. The Morgan fingerprint density at radius 3 is 1.50 bits per heavy atom. The van der Waals surface area contributed by atoms with Gasteiger partial charge in [0.05, 0.1) is 11.4 Å². The van der Waals surface area contributed by atoms with E-state index in [1.807, 2.05) is 0 Å². The van der Waals surface area contributed by atoms with Gasteiger partial charge in [-0.3, -0.25) is 4.98 Å². The lowest BCUT2D eigenvalue weighted by Gasteiger charge is -2.34. The smallest absolute Gasteiger partial charge is 0.0545 e. The Balaban J connectivity index is 1.47. The fraction of sp³-hybridized carbons (Fsp3) is 0.762. The van der Waals surface area contributed by atoms with Gasteiger partial charge in [-0.15, -0.1) is 0 Å². The molecule has 5 heteroatoms. The van der Waals surface area contributed by atoms with Crippen molar-refractivity contribution in [1.82, 2.24) is 26.3 Å². The summed E-state index contributed by atoms with van der Waals surface area (Å²) in [6, 6.07) is 8.81. The minimum atomic E-state index is 0.569. The van der Waals surface area contributed by atoms with E-state index in [1.165, 1.54) is 62.8 Å². The van der Waals surface area contributed by atoms with E-state index >= 15 is 0 Å². The molecule has 144 valence electrons. The summed E-state index contributed by atoms with van der Waals surface area (Å²) < 4.78 is 0. The van der Waals surface area contributed by atoms with Gasteiger partial charge < -0.3 is 21.3 Å². The van der Waals surface area contributed by atoms with Crippen LogP contribution in [-0.2, 0) is 13.1 Å². The number of nitrogens with zero attached hydrogens (tertiary/aromatic N) is 1. The van der Waals surface area contributed by atoms with Crippen molar-refractivity contribution >= 4 is 0 Å². The number of fused-ring (bicyclic) bond motifs is 4. The molecule has 0 saturated heterocycles. The fourth-order valence-electron chi connectivity index (χ4n) is 4.95. The normalized spacial score (nSPS) is 34.0. The second kappa shape index (κ2) is 9.27. The molecule has 0 amide bonds. The highest BCUT2D eigenvalue weighted by Gasteiger charge is 2.26. The summed E-state index contributed by atoms with van der Waals surface area (Å²) in [7, 11) is 0. The average molecular weight is 358 g/mol. The molecule has 2 aliphatic carbocycles. The van der Waals surface area contributed by atoms with E-state index in [0.29, 0.717) is 24.2 Å². The van der Waals surface area contributed by atoms with Gasteiger partial charge in [0.1, 0.15) is 0 Å². The average Bonchev–Trinajstić information content (AvgIpc) is 2.69. The molecular weight excluding hydrogens is 322 g/mol. The molecule has 2 bridgehead atoms. The van der Waals surface area contributed by atoms with Crippen molar-refractivity contribution in [2.24, 2.45) is 0 Å². The largest absolute Gasteiger partial charge is 0.311 e. The molecule has 2 fully saturated rings. The third kappa shape index (κ3) is 4.83. The molecule has 5 nitrogen and oxygen atoms in total. The molecule has 1 aliphatic heterocycles. The summed E-state index contributed by atoms with van der Waals surface area (Å²) >= 11 is 0. The van der Waals surface area contributed by atoms with Gasteiger partial charge in [-0.05, 0) is 37.8 Å². The van der Waals surface area contributed by atoms with E-state index in [-0.39, 0.29) is 0 Å². The van der Waals surface area contributed by atoms with Gasteiger partial charge >= 0.3 is 0 Å². The first-order chi connectivity index (χ1) is 12.9. The number of aromatic nitrogens is 1. The Labute approximate surface area is 158 Å². The molecule has 2 unspecified atom stereocenters. The van der Waals surface area contributed by atoms with Crippen LogP contribution < -0.4 is 21.3 Å². The van der Waals surface area contributed by atoms with Crippen LogP contribution in [0.2, 0.25) is 0 Å². The molecule has 2 heterocycles. The van der Waals surface area contributed by atoms with E-state index < -0.39 is 0 Å². The topological polar surface area (TPSA) is 61.0 Å². The molecule has 0 spiro atoms. The molecule has 1 aromatic rings. The van der Waals surface area contributed by atoms with Gasteiger partial charge in [0.2, 0.25) is 0 Å². The Bertz CT molecular complexity index is 518. The summed E-state index contributed by atoms with van der Waals surface area (Å²) in [4.78, 5) is 4.89. The van der Waals surface area contributed by atoms with E-state index in [0.717, 1.165) is 26.2 Å². The summed E-state index contributed by atoms with van der Waals surface area (Å²) in [5, 5.41) is 15.2. The first-order valence-corrected chi connectivity index (χ1v) is 10.8. The Morgan fingerprint density at radius 2 is 1.04 bits per heavy atom. The molecule has 3 aliphatic rings. The third-order valence-corrected chi connectivity index (χ3v) is 6.43. The maximum absolute atomic E-state index is 4.89. The van der Waals surface area contributed by atoms with Crippen LogP contribution >= 0.6 is 0 Å². The van der Waals surface area contributed by atoms with Crippen LogP contribution in [0.3, 0.4) is 0 Å². The zero-order valence-electron chi connectivity index (χ0n) is 16.0. The zero-order valence-corrected chi connectivity index (χ0v) is 16.0. The van der Waals surface area contributed by atoms with Crippen molar-refractivity contribution < 1.29 is 0 Å². The van der Waals surface area contributed by atoms with Crippen LogP contribution in [0.4, 0.5) is 0 Å². The van der Waals surface area contributed by atoms with E-state index in [4.69, 9.17) is 4.98 Å². The highest BCUT2D eigenvalue weighted by atomic mass is 15.1. The molecule has 26 heavy (non-hydrogen) atoms. The molecule has 4 rings (SSSR count). The Morgan fingerprint density at radius 1 is 0.615 bits per heavy atom. The van der Waals surface area contributed by atoms with Gasteiger partial charge in [-0.25, -0.2) is 0 Å². The molecular formula is C21H35N5. The molecule has 0 aromatic carbocycles. The summed E-state index contributed by atoms with van der Waals surface area (Å²) in [5.41, 5.74) is 2.34. The van der Waals surface area contributed by atoms with Crippen molar-refractivity contribution in [3.05, 3.63) is 29.6 Å². The predicted molar refractivity (Wildman–Crippen MR) is 106 cm³/mol. The third-order valence-electron chi connectivity index (χ3n) is 6.43. The molecule has 0 radical (unpaired) electrons. The Kier molecular flexibility index (Phi) is 6.54. The maximum atomic E-state index is 4.89. The summed E-state index contributed by atoms with van der Waals surface area (Å²) in [6.45, 7) is 3.89. The van der Waals surface area contributed by atoms with Crippen LogP contribution in [-0.4, -0.2) is 42.2 Å². The zero-order chi connectivity index (χ0) is 17.6. The highest BCUT2D eigenvalue weighted by molar-refractivity contribution is 5.12. The first-order valence-electron chi connectivity index (χ1n) is 10.8. The van der Waals surface area contributed by atoms with Gasteiger partial charge in [-0.2, -0.15) is 0 Å². The number of hydrogen-bond donors (Lipinski definition) is 4. The van der Waals surface area contributed by atoms with Crippen LogP contribution in [0, 0.1) is 0 Å². The number of hydrogen-bond acceptors (Lipinski definition) is 5. The monoisotopic (exact) mass is 357 g/mol. The van der Waals surface area contributed by atoms with E-state index in [1.54, 1.807) is 0 Å². The molecule has 2 saturated carbocycles. The Hall–Kier alpha value is -1.01. The van der Waals surface area contributed by atoms with Crippen molar-refractivity contribution in [1.29, 1.82) is 0 Å². The standard InChI is InChI=1S/C21H35N5/c1-3-10-20-18(8-1)22-12-13-23-19-9-2-4-11-21(19)25-15-17-7-5-6-16(26-17)14-24-20/h5-7,18-25H,1-4,8-15H2/t18?,19?,20-,21-/m1/s1. The van der Waals surface area contributed by atoms with Crippen LogP contribution in [0.5, 0.6) is 0 Å². The lowest BCUT2D eigenvalue weighted by molar-refractivity contribution is 0.266. The highest BCUT2D eigenvalue weighted by Crippen LogP contribution is 2.20. The first kappa shape index (κ1) is 18.4. The van der Waals surface area contributed by atoms with E-state index in [9.17, 15) is 0 Å². The van der Waals surface area contributed by atoms with Crippen molar-refractivity contribution in [2.45, 2.75) is 88.6 Å². The fourth-order valence-corrected chi connectivity index (χ4v) is 4.95. The van der Waals surface area contributed by atoms with Gasteiger partial charge in [0, 0.05) is 50.3 Å². The van der Waals surface area contributed by atoms with Gasteiger partial charge in [0.25, 0.3) is 0 Å². The number of nitrogens with one attached hydrogen (secondary N) is 4. The van der Waals surface area contributed by atoms with Crippen LogP contribution in [0.25, 0.3) is 0 Å². The minimum Gasteiger partial charge on any atom is -0.311 e. The van der Waals surface area contributed by atoms with Crippen LogP contribution in [0.1, 0.15) is 62.8 Å². The maximum Gasteiger partial charge on any atom is 0.0545 e. The second-order valence-electron chi connectivity index (χ2n) is 8.29. The number of rotatable bonds is 0. The number of pyridine rings is 1. The predicted octanol–water partition coefficient (Wildman–Crippen LogP) is 2.08. The SMILES string of the molecule is c1cc2nc(c1)CN[C@@H]1CCCCC1NCCNC1CCCC[C@H]1NC2. The molecule has 4 atom stereocenters. The van der Waals surface area contributed by atoms with Crippen molar-refractivity contribution in [2.75, 3.05) is 13.1 Å². The second-order valence-corrected chi connectivity index (χ2v) is 8.29. The van der Waals surface area contributed by atoms with Crippen LogP contribution in [0.15, 0.2) is 18.2 Å². The van der Waals surface area contributed by atoms with Gasteiger partial charge in [-0.1, -0.05) is 31.7 Å². The molecule has 4 N–H and O–H groups in total. The summed E-state index contributed by atoms with van der Waals surface area (Å²) in [5.74, 6) is 0. The molecule has 1 aromatic heterocycles. The van der Waals surface area contributed by atoms with E-state index in [2.05, 4.69) is 39.5 Å². The lowest BCUT2D eigenvalue weighted by Crippen LogP contribution is -2.53. The lowest BCUT2D eigenvalue weighted by atomic mass is 9.89. The van der Waals surface area contributed by atoms with Gasteiger partial charge in [0.15, 0.2) is 0 Å². The van der Waals surface area contributed by atoms with Crippen molar-refractivity contribution in [3.8, 4) is 0 Å². The van der Waals surface area contributed by atoms with Crippen molar-refractivity contribution in [3.63, 3.8) is 0 Å². The quantitative estimate of drug-likeness (QED) is 0.573.